The highest BCUT2D eigenvalue weighted by atomic mass is 32.2. The highest BCUT2D eigenvalue weighted by molar-refractivity contribution is 8.02. The number of carbonyl (C=O) groups excluding carboxylic acids is 1. The Balaban J connectivity index is 2.04. The lowest BCUT2D eigenvalue weighted by molar-refractivity contribution is -0.0612. The molecule has 3 rings (SSSR count). The predicted molar refractivity (Wildman–Crippen MR) is 76.0 cm³/mol. The summed E-state index contributed by atoms with van der Waals surface area (Å²) in [5, 5.41) is 10.9. The molecular weight excluding hydrogens is 266 g/mol. The van der Waals surface area contributed by atoms with Crippen LogP contribution in [0.25, 0.3) is 0 Å². The summed E-state index contributed by atoms with van der Waals surface area (Å²) in [6, 6.07) is 7.43. The molecule has 0 aliphatic carbocycles. The summed E-state index contributed by atoms with van der Waals surface area (Å²) >= 11 is 3.56. The molecule has 18 heavy (non-hydrogen) atoms. The van der Waals surface area contributed by atoms with E-state index in [1.165, 1.54) is 0 Å². The minimum absolute atomic E-state index is 0.0313. The Morgan fingerprint density at radius 3 is 2.83 bits per heavy atom. The van der Waals surface area contributed by atoms with Gasteiger partial charge in [0, 0.05) is 40.7 Å². The summed E-state index contributed by atoms with van der Waals surface area (Å²) in [6.45, 7) is 0.620. The Bertz CT molecular complexity index is 480. The third kappa shape index (κ3) is 1.85. The molecule has 0 aromatic heterocycles. The van der Waals surface area contributed by atoms with Crippen LogP contribution in [0.15, 0.2) is 24.3 Å². The molecule has 2 heterocycles. The van der Waals surface area contributed by atoms with Crippen LogP contribution in [-0.4, -0.2) is 45.5 Å². The monoisotopic (exact) mass is 281 g/mol. The van der Waals surface area contributed by atoms with E-state index in [4.69, 9.17) is 0 Å². The third-order valence-electron chi connectivity index (χ3n) is 3.42. The van der Waals surface area contributed by atoms with Gasteiger partial charge in [-0.2, -0.15) is 23.5 Å². The number of thioether (sulfide) groups is 2. The zero-order valence-corrected chi connectivity index (χ0v) is 11.6. The van der Waals surface area contributed by atoms with Crippen molar-refractivity contribution in [2.45, 2.75) is 5.72 Å². The lowest BCUT2D eigenvalue weighted by Crippen LogP contribution is -2.46. The maximum atomic E-state index is 12.4. The van der Waals surface area contributed by atoms with Crippen molar-refractivity contribution in [3.8, 4) is 0 Å². The van der Waals surface area contributed by atoms with Crippen molar-refractivity contribution in [1.82, 2.24) is 4.90 Å². The van der Waals surface area contributed by atoms with E-state index in [2.05, 4.69) is 0 Å². The predicted octanol–water partition coefficient (Wildman–Crippen LogP) is 1.77. The number of aliphatic hydroxyl groups is 1. The van der Waals surface area contributed by atoms with Gasteiger partial charge in [0.25, 0.3) is 5.91 Å². The van der Waals surface area contributed by atoms with Crippen molar-refractivity contribution < 1.29 is 9.90 Å². The van der Waals surface area contributed by atoms with E-state index in [0.29, 0.717) is 17.9 Å². The molecule has 2 aliphatic rings. The minimum Gasteiger partial charge on any atom is -0.366 e. The van der Waals surface area contributed by atoms with Crippen LogP contribution in [0.2, 0.25) is 0 Å². The largest absolute Gasteiger partial charge is 0.366 e. The second-order valence-corrected chi connectivity index (χ2v) is 6.81. The van der Waals surface area contributed by atoms with Crippen molar-refractivity contribution in [3.63, 3.8) is 0 Å². The molecule has 1 aromatic rings. The van der Waals surface area contributed by atoms with E-state index in [-0.39, 0.29) is 5.91 Å². The molecule has 1 unspecified atom stereocenters. The zero-order valence-electron chi connectivity index (χ0n) is 9.96. The number of hydrogen-bond acceptors (Lipinski definition) is 4. The molecular formula is C13H15NO2S2. The number of amides is 1. The maximum Gasteiger partial charge on any atom is 0.256 e. The maximum absolute atomic E-state index is 12.4. The fraction of sp³-hybridized carbons (Fsp3) is 0.462. The van der Waals surface area contributed by atoms with E-state index in [0.717, 1.165) is 22.8 Å². The molecule has 1 saturated heterocycles. The summed E-state index contributed by atoms with van der Waals surface area (Å²) in [7, 11) is 0. The third-order valence-corrected chi connectivity index (χ3v) is 5.74. The highest BCUT2D eigenvalue weighted by Gasteiger charge is 2.47. The van der Waals surface area contributed by atoms with Crippen molar-refractivity contribution in [3.05, 3.63) is 35.4 Å². The van der Waals surface area contributed by atoms with Gasteiger partial charge in [0.05, 0.1) is 0 Å². The Hall–Kier alpha value is -0.650. The van der Waals surface area contributed by atoms with Gasteiger partial charge in [-0.15, -0.1) is 0 Å². The number of hydrogen-bond donors (Lipinski definition) is 1. The second-order valence-electron chi connectivity index (χ2n) is 4.48. The van der Waals surface area contributed by atoms with Gasteiger partial charge >= 0.3 is 0 Å². The minimum atomic E-state index is -1.11. The van der Waals surface area contributed by atoms with Crippen LogP contribution in [0.3, 0.4) is 0 Å². The van der Waals surface area contributed by atoms with E-state index in [1.54, 1.807) is 16.7 Å². The van der Waals surface area contributed by atoms with E-state index < -0.39 is 5.72 Å². The average molecular weight is 281 g/mol. The molecule has 1 aromatic carbocycles. The van der Waals surface area contributed by atoms with Crippen LogP contribution >= 0.6 is 23.5 Å². The normalized spacial score (nSPS) is 28.1. The first-order chi connectivity index (χ1) is 8.73. The van der Waals surface area contributed by atoms with Crippen molar-refractivity contribution >= 4 is 29.4 Å². The number of nitrogens with zero attached hydrogens (tertiary/aromatic N) is 1. The van der Waals surface area contributed by atoms with Crippen LogP contribution in [0.5, 0.6) is 0 Å². The lowest BCUT2D eigenvalue weighted by Gasteiger charge is -2.33. The summed E-state index contributed by atoms with van der Waals surface area (Å²) in [6.07, 6.45) is 0. The fourth-order valence-corrected chi connectivity index (χ4v) is 4.71. The average Bonchev–Trinajstić information content (AvgIpc) is 2.65. The van der Waals surface area contributed by atoms with Gasteiger partial charge in [-0.25, -0.2) is 0 Å². The molecule has 1 atom stereocenters. The van der Waals surface area contributed by atoms with Gasteiger partial charge in [0.15, 0.2) is 5.72 Å². The van der Waals surface area contributed by atoms with Gasteiger partial charge in [-0.1, -0.05) is 18.2 Å². The Morgan fingerprint density at radius 1 is 1.17 bits per heavy atom. The molecule has 3 nitrogen and oxygen atoms in total. The van der Waals surface area contributed by atoms with Crippen LogP contribution in [0.1, 0.15) is 15.9 Å². The summed E-state index contributed by atoms with van der Waals surface area (Å²) in [4.78, 5) is 14.0. The SMILES string of the molecule is O=C1c2ccccc2C2(O)CSCCSCCN12. The van der Waals surface area contributed by atoms with Crippen LogP contribution in [0, 0.1) is 0 Å². The van der Waals surface area contributed by atoms with E-state index in [9.17, 15) is 9.90 Å². The number of carbonyl (C=O) groups is 1. The van der Waals surface area contributed by atoms with Crippen LogP contribution in [0.4, 0.5) is 0 Å². The first-order valence-electron chi connectivity index (χ1n) is 6.03. The van der Waals surface area contributed by atoms with E-state index >= 15 is 0 Å². The molecule has 1 N–H and O–H groups in total. The first-order valence-corrected chi connectivity index (χ1v) is 8.34. The number of rotatable bonds is 0. The number of fused-ring (bicyclic) bond motifs is 3. The molecule has 0 radical (unpaired) electrons. The summed E-state index contributed by atoms with van der Waals surface area (Å²) in [5.74, 6) is 3.54. The summed E-state index contributed by atoms with van der Waals surface area (Å²) in [5.41, 5.74) is 0.323. The van der Waals surface area contributed by atoms with Gasteiger partial charge in [-0.05, 0) is 6.07 Å². The standard InChI is InChI=1S/C13H15NO2S2/c15-12-10-3-1-2-4-11(10)13(16)9-18-8-7-17-6-5-14(12)13/h1-4,16H,5-9H2. The van der Waals surface area contributed by atoms with Gasteiger partial charge in [0.1, 0.15) is 0 Å². The van der Waals surface area contributed by atoms with Crippen LogP contribution in [-0.2, 0) is 5.72 Å². The molecule has 96 valence electrons. The molecule has 0 bridgehead atoms. The Kier molecular flexibility index (Phi) is 3.30. The molecule has 5 heteroatoms. The Morgan fingerprint density at radius 2 is 1.94 bits per heavy atom. The zero-order chi connectivity index (χ0) is 12.6. The van der Waals surface area contributed by atoms with Crippen molar-refractivity contribution in [2.24, 2.45) is 0 Å². The molecule has 1 amide bonds. The molecule has 1 fully saturated rings. The highest BCUT2D eigenvalue weighted by Crippen LogP contribution is 2.40. The smallest absolute Gasteiger partial charge is 0.256 e. The lowest BCUT2D eigenvalue weighted by atomic mass is 10.0. The van der Waals surface area contributed by atoms with Crippen molar-refractivity contribution in [2.75, 3.05) is 29.6 Å². The second kappa shape index (κ2) is 4.79. The van der Waals surface area contributed by atoms with Gasteiger partial charge in [-0.3, -0.25) is 4.79 Å². The van der Waals surface area contributed by atoms with Gasteiger partial charge in [0.2, 0.25) is 0 Å². The molecule has 2 aliphatic heterocycles. The fourth-order valence-electron chi connectivity index (χ4n) is 2.51. The van der Waals surface area contributed by atoms with Gasteiger partial charge < -0.3 is 10.0 Å². The van der Waals surface area contributed by atoms with E-state index in [1.807, 2.05) is 36.0 Å². The quantitative estimate of drug-likeness (QED) is 0.787. The number of benzene rings is 1. The van der Waals surface area contributed by atoms with Crippen LogP contribution < -0.4 is 0 Å². The first kappa shape index (κ1) is 12.4. The topological polar surface area (TPSA) is 40.5 Å². The molecule has 0 saturated carbocycles. The Labute approximate surface area is 115 Å². The van der Waals surface area contributed by atoms with Crippen molar-refractivity contribution in [1.29, 1.82) is 0 Å². The molecule has 0 spiro atoms. The summed E-state index contributed by atoms with van der Waals surface area (Å²) < 4.78 is 0.